The Morgan fingerprint density at radius 1 is 1.35 bits per heavy atom. The average Bonchev–Trinajstić information content (AvgIpc) is 2.91. The lowest BCUT2D eigenvalue weighted by molar-refractivity contribution is -0.141. The molecule has 1 fully saturated rings. The minimum absolute atomic E-state index is 0.0158. The first-order chi connectivity index (χ1) is 9.60. The summed E-state index contributed by atoms with van der Waals surface area (Å²) in [4.78, 5) is 24.6. The number of carboxylic acids is 1. The maximum atomic E-state index is 12.1. The molecule has 20 heavy (non-hydrogen) atoms. The Balaban J connectivity index is 1.90. The number of carboxylic acid groups (broad SMARTS) is 1. The molecule has 1 N–H and O–H groups in total. The SMILES string of the molecule is CCOc1ccc(CC(=O)N2CC[C@H](C(=O)O)C2)cc1. The Bertz CT molecular complexity index is 483. The van der Waals surface area contributed by atoms with Crippen LogP contribution in [-0.2, 0) is 16.0 Å². The van der Waals surface area contributed by atoms with E-state index >= 15 is 0 Å². The van der Waals surface area contributed by atoms with Gasteiger partial charge in [0.05, 0.1) is 18.9 Å². The smallest absolute Gasteiger partial charge is 0.308 e. The first-order valence-corrected chi connectivity index (χ1v) is 6.82. The van der Waals surface area contributed by atoms with Crippen molar-refractivity contribution in [1.29, 1.82) is 0 Å². The van der Waals surface area contributed by atoms with E-state index in [4.69, 9.17) is 9.84 Å². The van der Waals surface area contributed by atoms with E-state index in [0.717, 1.165) is 11.3 Å². The molecule has 1 amide bonds. The van der Waals surface area contributed by atoms with Crippen LogP contribution in [0.4, 0.5) is 0 Å². The molecule has 1 aliphatic rings. The Labute approximate surface area is 118 Å². The normalized spacial score (nSPS) is 18.1. The molecular weight excluding hydrogens is 258 g/mol. The van der Waals surface area contributed by atoms with Crippen molar-refractivity contribution < 1.29 is 19.4 Å². The summed E-state index contributed by atoms with van der Waals surface area (Å²) in [6.45, 7) is 3.39. The predicted octanol–water partition coefficient (Wildman–Crippen LogP) is 1.56. The molecule has 1 aromatic carbocycles. The van der Waals surface area contributed by atoms with E-state index in [0.29, 0.717) is 32.5 Å². The van der Waals surface area contributed by atoms with Crippen LogP contribution in [0.5, 0.6) is 5.75 Å². The highest BCUT2D eigenvalue weighted by atomic mass is 16.5. The van der Waals surface area contributed by atoms with Gasteiger partial charge in [0, 0.05) is 13.1 Å². The number of ether oxygens (including phenoxy) is 1. The summed E-state index contributed by atoms with van der Waals surface area (Å²) < 4.78 is 5.35. The van der Waals surface area contributed by atoms with Gasteiger partial charge in [-0.1, -0.05) is 12.1 Å². The maximum Gasteiger partial charge on any atom is 0.308 e. The van der Waals surface area contributed by atoms with Crippen LogP contribution in [0.3, 0.4) is 0 Å². The molecule has 0 bridgehead atoms. The number of likely N-dealkylation sites (tertiary alicyclic amines) is 1. The molecule has 5 nitrogen and oxygen atoms in total. The number of nitrogens with zero attached hydrogens (tertiary/aromatic N) is 1. The van der Waals surface area contributed by atoms with Gasteiger partial charge in [-0.25, -0.2) is 0 Å². The molecular formula is C15H19NO4. The van der Waals surface area contributed by atoms with Crippen molar-refractivity contribution in [3.63, 3.8) is 0 Å². The highest BCUT2D eigenvalue weighted by Gasteiger charge is 2.30. The van der Waals surface area contributed by atoms with Crippen molar-refractivity contribution in [2.24, 2.45) is 5.92 Å². The van der Waals surface area contributed by atoms with E-state index in [9.17, 15) is 9.59 Å². The topological polar surface area (TPSA) is 66.8 Å². The molecule has 1 saturated heterocycles. The van der Waals surface area contributed by atoms with Crippen molar-refractivity contribution >= 4 is 11.9 Å². The molecule has 1 aromatic rings. The van der Waals surface area contributed by atoms with Crippen LogP contribution < -0.4 is 4.74 Å². The molecule has 1 heterocycles. The maximum absolute atomic E-state index is 12.1. The molecule has 0 saturated carbocycles. The fourth-order valence-corrected chi connectivity index (χ4v) is 2.34. The standard InChI is InChI=1S/C15H19NO4/c1-2-20-13-5-3-11(4-6-13)9-14(17)16-8-7-12(10-16)15(18)19/h3-6,12H,2,7-10H2,1H3,(H,18,19)/t12-/m0/s1. The first-order valence-electron chi connectivity index (χ1n) is 6.82. The predicted molar refractivity (Wildman–Crippen MR) is 73.6 cm³/mol. The molecule has 1 aliphatic heterocycles. The fourth-order valence-electron chi connectivity index (χ4n) is 2.34. The second-order valence-electron chi connectivity index (χ2n) is 4.92. The van der Waals surface area contributed by atoms with E-state index in [1.165, 1.54) is 0 Å². The van der Waals surface area contributed by atoms with Gasteiger partial charge in [0.25, 0.3) is 0 Å². The Morgan fingerprint density at radius 2 is 2.05 bits per heavy atom. The van der Waals surface area contributed by atoms with Crippen LogP contribution in [0, 0.1) is 5.92 Å². The molecule has 108 valence electrons. The molecule has 0 spiro atoms. The molecule has 2 rings (SSSR count). The number of hydrogen-bond acceptors (Lipinski definition) is 3. The average molecular weight is 277 g/mol. The number of benzene rings is 1. The van der Waals surface area contributed by atoms with Crippen molar-refractivity contribution in [2.75, 3.05) is 19.7 Å². The van der Waals surface area contributed by atoms with Gasteiger partial charge in [0.15, 0.2) is 0 Å². The molecule has 0 aromatic heterocycles. The van der Waals surface area contributed by atoms with Crippen LogP contribution in [0.25, 0.3) is 0 Å². The highest BCUT2D eigenvalue weighted by Crippen LogP contribution is 2.18. The molecule has 0 aliphatic carbocycles. The van der Waals surface area contributed by atoms with Crippen molar-refractivity contribution in [2.45, 2.75) is 19.8 Å². The third-order valence-electron chi connectivity index (χ3n) is 3.48. The number of aliphatic carboxylic acids is 1. The van der Waals surface area contributed by atoms with E-state index in [-0.39, 0.29) is 5.91 Å². The molecule has 0 unspecified atom stereocenters. The monoisotopic (exact) mass is 277 g/mol. The minimum Gasteiger partial charge on any atom is -0.494 e. The summed E-state index contributed by atoms with van der Waals surface area (Å²) >= 11 is 0. The zero-order valence-corrected chi connectivity index (χ0v) is 11.5. The van der Waals surface area contributed by atoms with Gasteiger partial charge in [-0.05, 0) is 31.0 Å². The number of amides is 1. The summed E-state index contributed by atoms with van der Waals surface area (Å²) in [5, 5.41) is 8.93. The van der Waals surface area contributed by atoms with Crippen LogP contribution in [0.1, 0.15) is 18.9 Å². The number of hydrogen-bond donors (Lipinski definition) is 1. The molecule has 1 atom stereocenters. The zero-order valence-electron chi connectivity index (χ0n) is 11.5. The Kier molecular flexibility index (Phi) is 4.61. The number of carbonyl (C=O) groups excluding carboxylic acids is 1. The van der Waals surface area contributed by atoms with Crippen molar-refractivity contribution in [3.05, 3.63) is 29.8 Å². The lowest BCUT2D eigenvalue weighted by Gasteiger charge is -2.15. The van der Waals surface area contributed by atoms with E-state index in [1.54, 1.807) is 4.90 Å². The van der Waals surface area contributed by atoms with Gasteiger partial charge >= 0.3 is 5.97 Å². The third kappa shape index (κ3) is 3.50. The highest BCUT2D eigenvalue weighted by molar-refractivity contribution is 5.80. The van der Waals surface area contributed by atoms with E-state index in [1.807, 2.05) is 31.2 Å². The summed E-state index contributed by atoms with van der Waals surface area (Å²) in [6, 6.07) is 7.42. The Morgan fingerprint density at radius 3 is 2.60 bits per heavy atom. The summed E-state index contributed by atoms with van der Waals surface area (Å²) in [6.07, 6.45) is 0.850. The molecule has 0 radical (unpaired) electrons. The van der Waals surface area contributed by atoms with Crippen molar-refractivity contribution in [3.8, 4) is 5.75 Å². The van der Waals surface area contributed by atoms with E-state index < -0.39 is 11.9 Å². The van der Waals surface area contributed by atoms with Crippen LogP contribution in [-0.4, -0.2) is 41.6 Å². The number of rotatable bonds is 5. The lowest BCUT2D eigenvalue weighted by Crippen LogP contribution is -2.31. The largest absolute Gasteiger partial charge is 0.494 e. The zero-order chi connectivity index (χ0) is 14.5. The van der Waals surface area contributed by atoms with Crippen LogP contribution >= 0.6 is 0 Å². The third-order valence-corrected chi connectivity index (χ3v) is 3.48. The summed E-state index contributed by atoms with van der Waals surface area (Å²) in [7, 11) is 0. The van der Waals surface area contributed by atoms with Crippen LogP contribution in [0.15, 0.2) is 24.3 Å². The summed E-state index contributed by atoms with van der Waals surface area (Å²) in [5.41, 5.74) is 0.914. The van der Waals surface area contributed by atoms with Gasteiger partial charge in [0.1, 0.15) is 5.75 Å². The van der Waals surface area contributed by atoms with Gasteiger partial charge in [0.2, 0.25) is 5.91 Å². The van der Waals surface area contributed by atoms with Crippen molar-refractivity contribution in [1.82, 2.24) is 4.90 Å². The molecule has 5 heteroatoms. The van der Waals surface area contributed by atoms with Gasteiger partial charge < -0.3 is 14.7 Å². The van der Waals surface area contributed by atoms with Crippen LogP contribution in [0.2, 0.25) is 0 Å². The Hall–Kier alpha value is -2.04. The van der Waals surface area contributed by atoms with Gasteiger partial charge in [-0.3, -0.25) is 9.59 Å². The summed E-state index contributed by atoms with van der Waals surface area (Å²) in [5.74, 6) is -0.464. The van der Waals surface area contributed by atoms with Gasteiger partial charge in [-0.2, -0.15) is 0 Å². The lowest BCUT2D eigenvalue weighted by atomic mass is 10.1. The first kappa shape index (κ1) is 14.4. The quantitative estimate of drug-likeness (QED) is 0.887. The van der Waals surface area contributed by atoms with Gasteiger partial charge in [-0.15, -0.1) is 0 Å². The second kappa shape index (κ2) is 6.41. The van der Waals surface area contributed by atoms with E-state index in [2.05, 4.69) is 0 Å². The number of carbonyl (C=O) groups is 2. The fraction of sp³-hybridized carbons (Fsp3) is 0.467. The minimum atomic E-state index is -0.818. The second-order valence-corrected chi connectivity index (χ2v) is 4.92.